The van der Waals surface area contributed by atoms with E-state index in [-0.39, 0.29) is 6.61 Å². The van der Waals surface area contributed by atoms with Crippen molar-refractivity contribution >= 4 is 5.69 Å². The third-order valence-electron chi connectivity index (χ3n) is 2.96. The standard InChI is InChI=1S/C13H19NO2/c1-2-10-5-6-13-12(8-10)14-11(9-16-13)4-3-7-15/h5-6,8,11,14-15H,2-4,7,9H2,1H3. The molecule has 16 heavy (non-hydrogen) atoms. The quantitative estimate of drug-likeness (QED) is 0.819. The van der Waals surface area contributed by atoms with Crippen LogP contribution in [0.5, 0.6) is 5.75 Å². The fraction of sp³-hybridized carbons (Fsp3) is 0.538. The van der Waals surface area contributed by atoms with Gasteiger partial charge in [0.05, 0.1) is 11.7 Å². The van der Waals surface area contributed by atoms with Crippen LogP contribution in [0.4, 0.5) is 5.69 Å². The van der Waals surface area contributed by atoms with Crippen molar-refractivity contribution in [1.29, 1.82) is 0 Å². The van der Waals surface area contributed by atoms with Gasteiger partial charge >= 0.3 is 0 Å². The molecule has 0 spiro atoms. The number of fused-ring (bicyclic) bond motifs is 1. The van der Waals surface area contributed by atoms with Crippen molar-refractivity contribution in [2.75, 3.05) is 18.5 Å². The molecule has 2 N–H and O–H groups in total. The van der Waals surface area contributed by atoms with E-state index in [2.05, 4.69) is 24.4 Å². The van der Waals surface area contributed by atoms with Crippen LogP contribution in [-0.2, 0) is 6.42 Å². The van der Waals surface area contributed by atoms with Gasteiger partial charge in [-0.2, -0.15) is 0 Å². The van der Waals surface area contributed by atoms with Crippen molar-refractivity contribution in [3.05, 3.63) is 23.8 Å². The van der Waals surface area contributed by atoms with Crippen LogP contribution in [0.2, 0.25) is 0 Å². The number of aliphatic hydroxyl groups excluding tert-OH is 1. The topological polar surface area (TPSA) is 41.5 Å². The van der Waals surface area contributed by atoms with Gasteiger partial charge in [-0.3, -0.25) is 0 Å². The molecule has 1 aliphatic rings. The van der Waals surface area contributed by atoms with E-state index in [0.29, 0.717) is 12.6 Å². The molecule has 1 aromatic rings. The number of hydrogen-bond donors (Lipinski definition) is 2. The van der Waals surface area contributed by atoms with Crippen LogP contribution >= 0.6 is 0 Å². The highest BCUT2D eigenvalue weighted by Gasteiger charge is 2.18. The summed E-state index contributed by atoms with van der Waals surface area (Å²) in [4.78, 5) is 0. The summed E-state index contributed by atoms with van der Waals surface area (Å²) >= 11 is 0. The molecule has 0 fully saturated rings. The van der Waals surface area contributed by atoms with E-state index in [1.54, 1.807) is 0 Å². The highest BCUT2D eigenvalue weighted by Crippen LogP contribution is 2.30. The molecule has 0 bridgehead atoms. The first-order valence-corrected chi connectivity index (χ1v) is 5.96. The van der Waals surface area contributed by atoms with Gasteiger partial charge in [-0.05, 0) is 37.0 Å². The van der Waals surface area contributed by atoms with E-state index in [4.69, 9.17) is 9.84 Å². The van der Waals surface area contributed by atoms with Gasteiger partial charge < -0.3 is 15.2 Å². The lowest BCUT2D eigenvalue weighted by molar-refractivity contribution is 0.249. The van der Waals surface area contributed by atoms with Gasteiger partial charge in [-0.15, -0.1) is 0 Å². The molecule has 0 saturated carbocycles. The summed E-state index contributed by atoms with van der Waals surface area (Å²) < 4.78 is 5.69. The van der Waals surface area contributed by atoms with Gasteiger partial charge in [0.1, 0.15) is 12.4 Å². The van der Waals surface area contributed by atoms with E-state index in [0.717, 1.165) is 30.7 Å². The van der Waals surface area contributed by atoms with Crippen molar-refractivity contribution < 1.29 is 9.84 Å². The van der Waals surface area contributed by atoms with E-state index in [9.17, 15) is 0 Å². The molecule has 3 heteroatoms. The number of hydrogen-bond acceptors (Lipinski definition) is 3. The molecule has 1 aliphatic heterocycles. The lowest BCUT2D eigenvalue weighted by atomic mass is 10.1. The Morgan fingerprint density at radius 2 is 2.38 bits per heavy atom. The average molecular weight is 221 g/mol. The lowest BCUT2D eigenvalue weighted by Crippen LogP contribution is -2.31. The first kappa shape index (κ1) is 11.3. The zero-order valence-electron chi connectivity index (χ0n) is 9.70. The van der Waals surface area contributed by atoms with Crippen LogP contribution in [-0.4, -0.2) is 24.4 Å². The Bertz CT molecular complexity index is 352. The van der Waals surface area contributed by atoms with Gasteiger partial charge in [0.25, 0.3) is 0 Å². The van der Waals surface area contributed by atoms with Gasteiger partial charge in [-0.1, -0.05) is 13.0 Å². The zero-order chi connectivity index (χ0) is 11.4. The normalized spacial score (nSPS) is 18.5. The van der Waals surface area contributed by atoms with Crippen molar-refractivity contribution in [1.82, 2.24) is 0 Å². The van der Waals surface area contributed by atoms with Crippen molar-refractivity contribution in [2.45, 2.75) is 32.2 Å². The van der Waals surface area contributed by atoms with Crippen LogP contribution in [0.1, 0.15) is 25.3 Å². The van der Waals surface area contributed by atoms with Crippen molar-refractivity contribution in [2.24, 2.45) is 0 Å². The highest BCUT2D eigenvalue weighted by molar-refractivity contribution is 5.60. The Morgan fingerprint density at radius 3 is 3.12 bits per heavy atom. The minimum Gasteiger partial charge on any atom is -0.489 e. The predicted octanol–water partition coefficient (Wildman–Crippen LogP) is 2.19. The number of benzene rings is 1. The van der Waals surface area contributed by atoms with Crippen molar-refractivity contribution in [3.63, 3.8) is 0 Å². The fourth-order valence-corrected chi connectivity index (χ4v) is 1.98. The third-order valence-corrected chi connectivity index (χ3v) is 2.96. The molecule has 2 rings (SSSR count). The minimum atomic E-state index is 0.250. The molecular weight excluding hydrogens is 202 g/mol. The number of aliphatic hydroxyl groups is 1. The van der Waals surface area contributed by atoms with Crippen LogP contribution in [0.3, 0.4) is 0 Å². The number of ether oxygens (including phenoxy) is 1. The smallest absolute Gasteiger partial charge is 0.142 e. The van der Waals surface area contributed by atoms with Gasteiger partial charge in [0.15, 0.2) is 0 Å². The van der Waals surface area contributed by atoms with Crippen LogP contribution in [0.25, 0.3) is 0 Å². The first-order valence-electron chi connectivity index (χ1n) is 5.96. The Labute approximate surface area is 96.4 Å². The SMILES string of the molecule is CCc1ccc2c(c1)NC(CCCO)CO2. The molecule has 0 radical (unpaired) electrons. The number of aryl methyl sites for hydroxylation is 1. The molecule has 3 nitrogen and oxygen atoms in total. The lowest BCUT2D eigenvalue weighted by Gasteiger charge is -2.27. The summed E-state index contributed by atoms with van der Waals surface area (Å²) in [5.41, 5.74) is 2.41. The molecule has 0 aromatic heterocycles. The average Bonchev–Trinajstić information content (AvgIpc) is 2.35. The molecule has 0 amide bonds. The van der Waals surface area contributed by atoms with Crippen LogP contribution in [0, 0.1) is 0 Å². The number of anilines is 1. The van der Waals surface area contributed by atoms with Crippen LogP contribution in [0.15, 0.2) is 18.2 Å². The van der Waals surface area contributed by atoms with E-state index < -0.39 is 0 Å². The molecule has 0 saturated heterocycles. The second-order valence-corrected chi connectivity index (χ2v) is 4.20. The summed E-state index contributed by atoms with van der Waals surface area (Å²) in [6.07, 6.45) is 2.81. The molecule has 1 heterocycles. The molecule has 1 unspecified atom stereocenters. The summed E-state index contributed by atoms with van der Waals surface area (Å²) in [5, 5.41) is 12.3. The predicted molar refractivity (Wildman–Crippen MR) is 65.0 cm³/mol. The Morgan fingerprint density at radius 1 is 1.50 bits per heavy atom. The van der Waals surface area contributed by atoms with E-state index >= 15 is 0 Å². The maximum absolute atomic E-state index is 8.81. The molecule has 1 aromatic carbocycles. The van der Waals surface area contributed by atoms with Gasteiger partial charge in [0.2, 0.25) is 0 Å². The number of rotatable bonds is 4. The first-order chi connectivity index (χ1) is 7.83. The largest absolute Gasteiger partial charge is 0.489 e. The molecule has 1 atom stereocenters. The Hall–Kier alpha value is -1.22. The summed E-state index contributed by atoms with van der Waals surface area (Å²) in [6, 6.07) is 6.62. The highest BCUT2D eigenvalue weighted by atomic mass is 16.5. The second kappa shape index (κ2) is 5.21. The van der Waals surface area contributed by atoms with E-state index in [1.807, 2.05) is 6.07 Å². The maximum Gasteiger partial charge on any atom is 0.142 e. The molecule has 0 aliphatic carbocycles. The summed E-state index contributed by atoms with van der Waals surface area (Å²) in [5.74, 6) is 0.942. The molecule has 88 valence electrons. The second-order valence-electron chi connectivity index (χ2n) is 4.20. The number of nitrogens with one attached hydrogen (secondary N) is 1. The zero-order valence-corrected chi connectivity index (χ0v) is 9.70. The summed E-state index contributed by atoms with van der Waals surface area (Å²) in [6.45, 7) is 3.09. The van der Waals surface area contributed by atoms with Crippen molar-refractivity contribution in [3.8, 4) is 5.75 Å². The third kappa shape index (κ3) is 2.47. The minimum absolute atomic E-state index is 0.250. The molecular formula is C13H19NO2. The monoisotopic (exact) mass is 221 g/mol. The van der Waals surface area contributed by atoms with Gasteiger partial charge in [-0.25, -0.2) is 0 Å². The Balaban J connectivity index is 2.06. The summed E-state index contributed by atoms with van der Waals surface area (Å²) in [7, 11) is 0. The van der Waals surface area contributed by atoms with Crippen LogP contribution < -0.4 is 10.1 Å². The van der Waals surface area contributed by atoms with E-state index in [1.165, 1.54) is 5.56 Å². The van der Waals surface area contributed by atoms with Gasteiger partial charge in [0, 0.05) is 6.61 Å². The maximum atomic E-state index is 8.81. The Kier molecular flexibility index (Phi) is 3.67. The fourth-order valence-electron chi connectivity index (χ4n) is 1.98.